The van der Waals surface area contributed by atoms with Crippen LogP contribution in [0.5, 0.6) is 0 Å². The Balaban J connectivity index is 4.22. The van der Waals surface area contributed by atoms with Crippen LogP contribution >= 0.6 is 0 Å². The molecule has 0 radical (unpaired) electrons. The van der Waals surface area contributed by atoms with Gasteiger partial charge >= 0.3 is 18.0 Å². The Morgan fingerprint density at radius 1 is 1.04 bits per heavy atom. The fraction of sp³-hybridized carbons (Fsp3) is 0.812. The molecule has 0 aliphatic rings. The number of hydrogen-bond donors (Lipinski definition) is 2. The summed E-state index contributed by atoms with van der Waals surface area (Å²) in [4.78, 5) is 33.9. The summed E-state index contributed by atoms with van der Waals surface area (Å²) >= 11 is 0. The van der Waals surface area contributed by atoms with Crippen LogP contribution in [0.2, 0.25) is 0 Å². The first-order valence-corrected chi connectivity index (χ1v) is 8.20. The van der Waals surface area contributed by atoms with Crippen molar-refractivity contribution in [3.05, 3.63) is 0 Å². The predicted octanol–water partition coefficient (Wildman–Crippen LogP) is 2.93. The van der Waals surface area contributed by atoms with E-state index in [0.29, 0.717) is 12.3 Å². The number of rotatable bonds is 11. The molecule has 7 heteroatoms. The van der Waals surface area contributed by atoms with E-state index in [1.807, 2.05) is 0 Å². The van der Waals surface area contributed by atoms with E-state index < -0.39 is 30.2 Å². The summed E-state index contributed by atoms with van der Waals surface area (Å²) in [7, 11) is 0. The number of hydrogen-bond acceptors (Lipinski definition) is 5. The second-order valence-electron chi connectivity index (χ2n) is 5.49. The SMILES string of the molecule is CCC(=O)O[C@@H](C)OC(=O)NC[C@H](CCC(CC)CC)C(=O)O. The van der Waals surface area contributed by atoms with Crippen LogP contribution < -0.4 is 5.32 Å². The van der Waals surface area contributed by atoms with Gasteiger partial charge in [0.1, 0.15) is 0 Å². The zero-order valence-electron chi connectivity index (χ0n) is 14.5. The molecule has 0 saturated carbocycles. The first-order chi connectivity index (χ1) is 10.8. The number of alkyl carbamates (subject to hydrolysis) is 1. The molecule has 0 rings (SSSR count). The molecule has 2 N–H and O–H groups in total. The molecule has 0 heterocycles. The molecule has 0 aliphatic carbocycles. The van der Waals surface area contributed by atoms with Gasteiger partial charge in [0, 0.05) is 19.9 Å². The van der Waals surface area contributed by atoms with E-state index in [4.69, 9.17) is 9.47 Å². The van der Waals surface area contributed by atoms with Gasteiger partial charge in [0.2, 0.25) is 6.29 Å². The molecule has 0 aromatic rings. The Morgan fingerprint density at radius 3 is 2.13 bits per heavy atom. The highest BCUT2D eigenvalue weighted by Crippen LogP contribution is 2.18. The van der Waals surface area contributed by atoms with E-state index in [2.05, 4.69) is 19.2 Å². The normalized spacial score (nSPS) is 13.3. The van der Waals surface area contributed by atoms with Gasteiger partial charge in [-0.1, -0.05) is 33.6 Å². The summed E-state index contributed by atoms with van der Waals surface area (Å²) in [6.07, 6.45) is 1.72. The fourth-order valence-electron chi connectivity index (χ4n) is 2.14. The van der Waals surface area contributed by atoms with Crippen molar-refractivity contribution in [2.45, 2.75) is 66.1 Å². The highest BCUT2D eigenvalue weighted by atomic mass is 16.7. The topological polar surface area (TPSA) is 102 Å². The van der Waals surface area contributed by atoms with Crippen molar-refractivity contribution >= 4 is 18.0 Å². The lowest BCUT2D eigenvalue weighted by atomic mass is 9.92. The zero-order valence-corrected chi connectivity index (χ0v) is 14.5. The molecule has 134 valence electrons. The number of carbonyl (C=O) groups excluding carboxylic acids is 2. The van der Waals surface area contributed by atoms with Crippen LogP contribution in [0, 0.1) is 11.8 Å². The molecule has 0 fully saturated rings. The van der Waals surface area contributed by atoms with Crippen LogP contribution in [0.15, 0.2) is 0 Å². The molecule has 0 saturated heterocycles. The molecule has 0 aromatic heterocycles. The molecule has 7 nitrogen and oxygen atoms in total. The monoisotopic (exact) mass is 331 g/mol. The summed E-state index contributed by atoms with van der Waals surface area (Å²) in [5, 5.41) is 11.6. The second-order valence-corrected chi connectivity index (χ2v) is 5.49. The number of amides is 1. The molecule has 1 amide bonds. The van der Waals surface area contributed by atoms with Gasteiger partial charge in [-0.2, -0.15) is 0 Å². The molecule has 0 spiro atoms. The van der Waals surface area contributed by atoms with Gasteiger partial charge in [-0.15, -0.1) is 0 Å². The Morgan fingerprint density at radius 2 is 1.65 bits per heavy atom. The van der Waals surface area contributed by atoms with E-state index >= 15 is 0 Å². The van der Waals surface area contributed by atoms with Crippen molar-refractivity contribution in [1.29, 1.82) is 0 Å². The lowest BCUT2D eigenvalue weighted by Gasteiger charge is -2.18. The van der Waals surface area contributed by atoms with Gasteiger partial charge in [-0.3, -0.25) is 9.59 Å². The molecule has 0 aliphatic heterocycles. The highest BCUT2D eigenvalue weighted by Gasteiger charge is 2.21. The third-order valence-corrected chi connectivity index (χ3v) is 3.78. The maximum atomic E-state index is 11.6. The van der Waals surface area contributed by atoms with Crippen molar-refractivity contribution in [3.63, 3.8) is 0 Å². The van der Waals surface area contributed by atoms with E-state index in [-0.39, 0.29) is 13.0 Å². The average Bonchev–Trinajstić information content (AvgIpc) is 2.50. The van der Waals surface area contributed by atoms with Crippen LogP contribution in [0.3, 0.4) is 0 Å². The van der Waals surface area contributed by atoms with Crippen molar-refractivity contribution in [2.75, 3.05) is 6.54 Å². The van der Waals surface area contributed by atoms with Crippen molar-refractivity contribution in [2.24, 2.45) is 11.8 Å². The number of aliphatic carboxylic acids is 1. The molecule has 23 heavy (non-hydrogen) atoms. The summed E-state index contributed by atoms with van der Waals surface area (Å²) in [6.45, 7) is 7.21. The largest absolute Gasteiger partial charge is 0.481 e. The van der Waals surface area contributed by atoms with Crippen molar-refractivity contribution in [1.82, 2.24) is 5.32 Å². The van der Waals surface area contributed by atoms with E-state index in [9.17, 15) is 19.5 Å². The summed E-state index contributed by atoms with van der Waals surface area (Å²) in [5.41, 5.74) is 0. The van der Waals surface area contributed by atoms with Gasteiger partial charge in [-0.25, -0.2) is 4.79 Å². The van der Waals surface area contributed by atoms with Crippen LogP contribution in [0.1, 0.15) is 59.8 Å². The first-order valence-electron chi connectivity index (χ1n) is 8.20. The van der Waals surface area contributed by atoms with Gasteiger partial charge < -0.3 is 19.9 Å². The summed E-state index contributed by atoms with van der Waals surface area (Å²) < 4.78 is 9.63. The Bertz CT molecular complexity index is 381. The maximum absolute atomic E-state index is 11.6. The minimum atomic E-state index is -1.00. The quantitative estimate of drug-likeness (QED) is 0.446. The number of carbonyl (C=O) groups is 3. The van der Waals surface area contributed by atoms with E-state index in [1.165, 1.54) is 6.92 Å². The lowest BCUT2D eigenvalue weighted by molar-refractivity contribution is -0.164. The molecule has 0 unspecified atom stereocenters. The first kappa shape index (κ1) is 21.2. The smallest absolute Gasteiger partial charge is 0.410 e. The molecule has 0 aromatic carbocycles. The number of esters is 1. The number of nitrogens with one attached hydrogen (secondary N) is 1. The summed E-state index contributed by atoms with van der Waals surface area (Å²) in [5.74, 6) is -1.57. The van der Waals surface area contributed by atoms with Crippen LogP contribution in [0.4, 0.5) is 4.79 Å². The Hall–Kier alpha value is -1.79. The average molecular weight is 331 g/mol. The molecule has 2 atom stereocenters. The summed E-state index contributed by atoms with van der Waals surface area (Å²) in [6, 6.07) is 0. The lowest BCUT2D eigenvalue weighted by Crippen LogP contribution is -2.35. The minimum Gasteiger partial charge on any atom is -0.481 e. The number of ether oxygens (including phenoxy) is 2. The van der Waals surface area contributed by atoms with Crippen molar-refractivity contribution in [3.8, 4) is 0 Å². The zero-order chi connectivity index (χ0) is 17.8. The molecule has 0 bridgehead atoms. The molecular weight excluding hydrogens is 302 g/mol. The Labute approximate surface area is 137 Å². The minimum absolute atomic E-state index is 0.0112. The Kier molecular flexibility index (Phi) is 10.8. The van der Waals surface area contributed by atoms with Gasteiger partial charge in [-0.05, 0) is 18.8 Å². The standard InChI is InChI=1S/C16H29NO6/c1-5-12(6-2)8-9-13(15(19)20)10-17-16(21)23-11(4)22-14(18)7-3/h11-13H,5-10H2,1-4H3,(H,17,21)(H,19,20)/t11-,13+/m1/s1. The molecular formula is C16H29NO6. The van der Waals surface area contributed by atoms with Gasteiger partial charge in [0.15, 0.2) is 0 Å². The van der Waals surface area contributed by atoms with E-state index in [0.717, 1.165) is 19.3 Å². The van der Waals surface area contributed by atoms with E-state index in [1.54, 1.807) is 6.92 Å². The van der Waals surface area contributed by atoms with Crippen LogP contribution in [-0.4, -0.2) is 36.0 Å². The second kappa shape index (κ2) is 11.7. The predicted molar refractivity (Wildman–Crippen MR) is 84.8 cm³/mol. The van der Waals surface area contributed by atoms with Crippen molar-refractivity contribution < 1.29 is 29.0 Å². The number of carboxylic acid groups (broad SMARTS) is 1. The van der Waals surface area contributed by atoms with Gasteiger partial charge in [0.25, 0.3) is 0 Å². The van der Waals surface area contributed by atoms with Crippen LogP contribution in [-0.2, 0) is 19.1 Å². The highest BCUT2D eigenvalue weighted by molar-refractivity contribution is 5.73. The third kappa shape index (κ3) is 9.76. The van der Waals surface area contributed by atoms with Gasteiger partial charge in [0.05, 0.1) is 5.92 Å². The van der Waals surface area contributed by atoms with Crippen LogP contribution in [0.25, 0.3) is 0 Å². The fourth-order valence-corrected chi connectivity index (χ4v) is 2.14. The number of carboxylic acids is 1. The third-order valence-electron chi connectivity index (χ3n) is 3.78. The maximum Gasteiger partial charge on any atom is 0.410 e.